The van der Waals surface area contributed by atoms with E-state index in [1.807, 2.05) is 13.8 Å². The lowest BCUT2D eigenvalue weighted by molar-refractivity contribution is 0.0975. The van der Waals surface area contributed by atoms with Crippen molar-refractivity contribution in [1.29, 1.82) is 0 Å². The number of thiazole rings is 1. The highest BCUT2D eigenvalue weighted by molar-refractivity contribution is 7.17. The third kappa shape index (κ3) is 3.59. The van der Waals surface area contributed by atoms with Crippen molar-refractivity contribution in [3.8, 4) is 5.75 Å². The highest BCUT2D eigenvalue weighted by Gasteiger charge is 2.22. The molecular weight excluding hydrogens is 312 g/mol. The Morgan fingerprint density at radius 3 is 2.65 bits per heavy atom. The smallest absolute Gasteiger partial charge is 0.257 e. The number of ether oxygens (including phenoxy) is 1. The molecule has 120 valence electrons. The highest BCUT2D eigenvalue weighted by atomic mass is 32.1. The summed E-state index contributed by atoms with van der Waals surface area (Å²) in [5.74, 6) is 0.617. The predicted molar refractivity (Wildman–Crippen MR) is 89.5 cm³/mol. The minimum Gasteiger partial charge on any atom is -0.491 e. The van der Waals surface area contributed by atoms with Crippen LogP contribution in [0.5, 0.6) is 5.75 Å². The quantitative estimate of drug-likeness (QED) is 0.928. The molecule has 5 nitrogen and oxygen atoms in total. The molecule has 0 radical (unpaired) electrons. The Balaban J connectivity index is 1.70. The first-order valence-electron chi connectivity index (χ1n) is 7.64. The standard InChI is InChI=1S/C17H18N2O3S/c1-10(2)22-12-8-6-11(7-9-12)16(21)19-17-18-13-4-3-5-14(20)15(13)23-17/h6-10H,3-5H2,1-2H3,(H,18,19,21). The number of ketones is 1. The minimum absolute atomic E-state index is 0.0915. The van der Waals surface area contributed by atoms with Crippen LogP contribution in [0.3, 0.4) is 0 Å². The van der Waals surface area contributed by atoms with Crippen LogP contribution < -0.4 is 10.1 Å². The lowest BCUT2D eigenvalue weighted by atomic mass is 10.0. The van der Waals surface area contributed by atoms with Crippen LogP contribution in [0.25, 0.3) is 0 Å². The molecule has 0 saturated carbocycles. The van der Waals surface area contributed by atoms with Gasteiger partial charge in [0.1, 0.15) is 5.75 Å². The normalized spacial score (nSPS) is 13.8. The summed E-state index contributed by atoms with van der Waals surface area (Å²) in [5.41, 5.74) is 1.34. The number of aryl methyl sites for hydroxylation is 1. The molecule has 1 aliphatic rings. The molecule has 0 unspecified atom stereocenters. The molecule has 1 N–H and O–H groups in total. The lowest BCUT2D eigenvalue weighted by Gasteiger charge is -2.09. The summed E-state index contributed by atoms with van der Waals surface area (Å²) in [7, 11) is 0. The molecule has 1 heterocycles. The fourth-order valence-electron chi connectivity index (χ4n) is 2.45. The van der Waals surface area contributed by atoms with E-state index in [1.54, 1.807) is 24.3 Å². The number of Topliss-reactive ketones (excluding diaryl/α,β-unsaturated/α-hetero) is 1. The van der Waals surface area contributed by atoms with E-state index in [1.165, 1.54) is 11.3 Å². The Morgan fingerprint density at radius 2 is 2.00 bits per heavy atom. The molecule has 1 aromatic heterocycles. The second-order valence-electron chi connectivity index (χ2n) is 5.72. The van der Waals surface area contributed by atoms with Gasteiger partial charge in [-0.3, -0.25) is 14.9 Å². The van der Waals surface area contributed by atoms with E-state index in [0.717, 1.165) is 24.3 Å². The maximum Gasteiger partial charge on any atom is 0.257 e. The molecule has 0 saturated heterocycles. The van der Waals surface area contributed by atoms with E-state index < -0.39 is 0 Å². The number of anilines is 1. The molecule has 23 heavy (non-hydrogen) atoms. The largest absolute Gasteiger partial charge is 0.491 e. The molecule has 0 atom stereocenters. The second kappa shape index (κ2) is 6.50. The number of nitrogens with zero attached hydrogens (tertiary/aromatic N) is 1. The lowest BCUT2D eigenvalue weighted by Crippen LogP contribution is -2.12. The molecule has 0 fully saturated rings. The first-order chi connectivity index (χ1) is 11.0. The minimum atomic E-state index is -0.236. The van der Waals surface area contributed by atoms with Gasteiger partial charge in [0.2, 0.25) is 0 Å². The molecule has 1 aliphatic carbocycles. The summed E-state index contributed by atoms with van der Waals surface area (Å²) in [4.78, 5) is 29.1. The van der Waals surface area contributed by atoms with Gasteiger partial charge in [-0.05, 0) is 51.0 Å². The van der Waals surface area contributed by atoms with E-state index in [9.17, 15) is 9.59 Å². The number of fused-ring (bicyclic) bond motifs is 1. The number of carbonyl (C=O) groups is 2. The molecule has 0 bridgehead atoms. The zero-order chi connectivity index (χ0) is 16.4. The van der Waals surface area contributed by atoms with Crippen molar-refractivity contribution in [2.24, 2.45) is 0 Å². The summed E-state index contributed by atoms with van der Waals surface area (Å²) in [6, 6.07) is 6.97. The number of benzene rings is 1. The van der Waals surface area contributed by atoms with Gasteiger partial charge in [0.25, 0.3) is 5.91 Å². The number of hydrogen-bond acceptors (Lipinski definition) is 5. The van der Waals surface area contributed by atoms with Crippen LogP contribution in [-0.2, 0) is 6.42 Å². The maximum absolute atomic E-state index is 12.3. The maximum atomic E-state index is 12.3. The van der Waals surface area contributed by atoms with Crippen LogP contribution in [0.2, 0.25) is 0 Å². The van der Waals surface area contributed by atoms with Gasteiger partial charge < -0.3 is 4.74 Å². The summed E-state index contributed by atoms with van der Waals surface area (Å²) < 4.78 is 5.55. The van der Waals surface area contributed by atoms with Crippen LogP contribution in [0.4, 0.5) is 5.13 Å². The van der Waals surface area contributed by atoms with Gasteiger partial charge in [0.05, 0.1) is 16.7 Å². The summed E-state index contributed by atoms with van der Waals surface area (Å²) in [5, 5.41) is 3.26. The van der Waals surface area contributed by atoms with E-state index in [0.29, 0.717) is 22.0 Å². The van der Waals surface area contributed by atoms with Gasteiger partial charge in [-0.2, -0.15) is 0 Å². The van der Waals surface area contributed by atoms with Crippen LogP contribution in [-0.4, -0.2) is 22.8 Å². The van der Waals surface area contributed by atoms with Crippen molar-refractivity contribution in [1.82, 2.24) is 4.98 Å². The van der Waals surface area contributed by atoms with Crippen LogP contribution in [0.15, 0.2) is 24.3 Å². The SMILES string of the molecule is CC(C)Oc1ccc(C(=O)Nc2nc3c(s2)C(=O)CCC3)cc1. The van der Waals surface area contributed by atoms with Crippen molar-refractivity contribution in [2.75, 3.05) is 5.32 Å². The number of aromatic nitrogens is 1. The van der Waals surface area contributed by atoms with E-state index >= 15 is 0 Å². The van der Waals surface area contributed by atoms with Crippen LogP contribution >= 0.6 is 11.3 Å². The van der Waals surface area contributed by atoms with Crippen LogP contribution in [0.1, 0.15) is 52.4 Å². The van der Waals surface area contributed by atoms with Gasteiger partial charge in [-0.15, -0.1) is 0 Å². The van der Waals surface area contributed by atoms with E-state index in [2.05, 4.69) is 10.3 Å². The molecule has 0 aliphatic heterocycles. The summed E-state index contributed by atoms with van der Waals surface area (Å²) >= 11 is 1.26. The molecule has 2 aromatic rings. The molecule has 3 rings (SSSR count). The number of hydrogen-bond donors (Lipinski definition) is 1. The fraction of sp³-hybridized carbons (Fsp3) is 0.353. The van der Waals surface area contributed by atoms with E-state index in [4.69, 9.17) is 4.74 Å². The summed E-state index contributed by atoms with van der Waals surface area (Å²) in [6.45, 7) is 3.90. The van der Waals surface area contributed by atoms with Gasteiger partial charge >= 0.3 is 0 Å². The highest BCUT2D eigenvalue weighted by Crippen LogP contribution is 2.29. The Hall–Kier alpha value is -2.21. The Labute approximate surface area is 138 Å². The van der Waals surface area contributed by atoms with Crippen molar-refractivity contribution in [2.45, 2.75) is 39.2 Å². The zero-order valence-electron chi connectivity index (χ0n) is 13.1. The average Bonchev–Trinajstić information content (AvgIpc) is 2.91. The Morgan fingerprint density at radius 1 is 1.26 bits per heavy atom. The van der Waals surface area contributed by atoms with E-state index in [-0.39, 0.29) is 17.8 Å². The number of rotatable bonds is 4. The fourth-order valence-corrected chi connectivity index (χ4v) is 3.42. The topological polar surface area (TPSA) is 68.3 Å². The molecule has 1 aromatic carbocycles. The second-order valence-corrected chi connectivity index (χ2v) is 6.72. The number of nitrogens with one attached hydrogen (secondary N) is 1. The van der Waals surface area contributed by atoms with Gasteiger partial charge in [0.15, 0.2) is 10.9 Å². The number of amides is 1. The molecular formula is C17H18N2O3S. The van der Waals surface area contributed by atoms with Crippen molar-refractivity contribution < 1.29 is 14.3 Å². The third-order valence-electron chi connectivity index (χ3n) is 3.48. The third-order valence-corrected chi connectivity index (χ3v) is 4.53. The molecule has 0 spiro atoms. The zero-order valence-corrected chi connectivity index (χ0v) is 13.9. The predicted octanol–water partition coefficient (Wildman–Crippen LogP) is 3.70. The van der Waals surface area contributed by atoms with Crippen LogP contribution in [0, 0.1) is 0 Å². The average molecular weight is 330 g/mol. The first kappa shape index (κ1) is 15.7. The number of carbonyl (C=O) groups excluding carboxylic acids is 2. The van der Waals surface area contributed by atoms with Gasteiger partial charge in [0, 0.05) is 12.0 Å². The van der Waals surface area contributed by atoms with Gasteiger partial charge in [-0.1, -0.05) is 11.3 Å². The molecule has 6 heteroatoms. The van der Waals surface area contributed by atoms with Crippen molar-refractivity contribution in [3.05, 3.63) is 40.4 Å². The van der Waals surface area contributed by atoms with Gasteiger partial charge in [-0.25, -0.2) is 4.98 Å². The first-order valence-corrected chi connectivity index (χ1v) is 8.45. The molecule has 1 amide bonds. The Kier molecular flexibility index (Phi) is 4.43. The van der Waals surface area contributed by atoms with Crippen molar-refractivity contribution >= 4 is 28.2 Å². The van der Waals surface area contributed by atoms with Crippen molar-refractivity contribution in [3.63, 3.8) is 0 Å². The summed E-state index contributed by atoms with van der Waals surface area (Å²) in [6.07, 6.45) is 2.29. The Bertz CT molecular complexity index is 735. The monoisotopic (exact) mass is 330 g/mol.